The number of halogens is 1. The van der Waals surface area contributed by atoms with E-state index in [2.05, 4.69) is 4.98 Å². The van der Waals surface area contributed by atoms with Crippen LogP contribution in [0.25, 0.3) is 0 Å². The number of hydrogen-bond donors (Lipinski definition) is 2. The third-order valence-corrected chi connectivity index (χ3v) is 5.44. The Kier molecular flexibility index (Phi) is 4.00. The van der Waals surface area contributed by atoms with Crippen LogP contribution in [0.5, 0.6) is 0 Å². The standard InChI is InChI=1S/C11H16ClN3O3S/c1-7-6-15(3-2-10(7)16)19(17,18)8-4-9(12)11(13)14-5-8/h4-5,7,10,16H,2-3,6H2,1H3,(H2,13,14). The Morgan fingerprint density at radius 3 is 2.84 bits per heavy atom. The Morgan fingerprint density at radius 1 is 1.58 bits per heavy atom. The largest absolute Gasteiger partial charge is 0.393 e. The van der Waals surface area contributed by atoms with E-state index in [1.54, 1.807) is 0 Å². The molecule has 2 atom stereocenters. The lowest BCUT2D eigenvalue weighted by Gasteiger charge is -2.33. The summed E-state index contributed by atoms with van der Waals surface area (Å²) in [5.74, 6) is 0.00351. The van der Waals surface area contributed by atoms with Gasteiger partial charge in [0.25, 0.3) is 0 Å². The maximum Gasteiger partial charge on any atom is 0.244 e. The van der Waals surface area contributed by atoms with Gasteiger partial charge in [0.05, 0.1) is 11.1 Å². The zero-order chi connectivity index (χ0) is 14.2. The quantitative estimate of drug-likeness (QED) is 0.839. The normalized spacial score (nSPS) is 25.4. The minimum absolute atomic E-state index is 0.0234. The third kappa shape index (κ3) is 2.84. The highest BCUT2D eigenvalue weighted by molar-refractivity contribution is 7.89. The fourth-order valence-corrected chi connectivity index (χ4v) is 3.79. The number of piperidine rings is 1. The molecule has 0 amide bonds. The monoisotopic (exact) mass is 305 g/mol. The van der Waals surface area contributed by atoms with Crippen molar-refractivity contribution < 1.29 is 13.5 Å². The van der Waals surface area contributed by atoms with E-state index >= 15 is 0 Å². The molecule has 3 N–H and O–H groups in total. The first kappa shape index (κ1) is 14.5. The van der Waals surface area contributed by atoms with Crippen LogP contribution in [0.1, 0.15) is 13.3 Å². The highest BCUT2D eigenvalue weighted by atomic mass is 35.5. The molecule has 1 fully saturated rings. The van der Waals surface area contributed by atoms with Gasteiger partial charge in [-0.15, -0.1) is 0 Å². The number of aliphatic hydroxyl groups excluding tert-OH is 1. The van der Waals surface area contributed by atoms with Crippen molar-refractivity contribution in [2.45, 2.75) is 24.3 Å². The predicted molar refractivity (Wildman–Crippen MR) is 72.2 cm³/mol. The van der Waals surface area contributed by atoms with Crippen LogP contribution >= 0.6 is 11.6 Å². The summed E-state index contributed by atoms with van der Waals surface area (Å²) in [6.45, 7) is 2.39. The molecule has 0 spiro atoms. The fraction of sp³-hybridized carbons (Fsp3) is 0.545. The number of aliphatic hydroxyl groups is 1. The van der Waals surface area contributed by atoms with Crippen molar-refractivity contribution in [1.82, 2.24) is 9.29 Å². The number of anilines is 1. The Labute approximate surface area is 117 Å². The second kappa shape index (κ2) is 5.24. The molecule has 0 aromatic carbocycles. The summed E-state index contributed by atoms with van der Waals surface area (Å²) < 4.78 is 26.2. The van der Waals surface area contributed by atoms with Crippen LogP contribution in [0, 0.1) is 5.92 Å². The summed E-state index contributed by atoms with van der Waals surface area (Å²) in [4.78, 5) is 3.79. The first-order valence-corrected chi connectivity index (χ1v) is 7.73. The average Bonchev–Trinajstić information content (AvgIpc) is 2.35. The van der Waals surface area contributed by atoms with E-state index in [0.29, 0.717) is 6.42 Å². The Hall–Kier alpha value is -0.890. The van der Waals surface area contributed by atoms with Crippen LogP contribution in [-0.4, -0.2) is 42.0 Å². The fourth-order valence-electron chi connectivity index (χ4n) is 2.03. The molecule has 8 heteroatoms. The zero-order valence-corrected chi connectivity index (χ0v) is 12.0. The molecule has 0 radical (unpaired) electrons. The number of rotatable bonds is 2. The van der Waals surface area contributed by atoms with E-state index in [0.717, 1.165) is 0 Å². The van der Waals surface area contributed by atoms with Gasteiger partial charge in [-0.05, 0) is 18.4 Å². The summed E-state index contributed by atoms with van der Waals surface area (Å²) >= 11 is 5.80. The predicted octanol–water partition coefficient (Wildman–Crippen LogP) is 0.709. The molecule has 1 aromatic heterocycles. The smallest absolute Gasteiger partial charge is 0.244 e. The molecule has 0 bridgehead atoms. The van der Waals surface area contributed by atoms with E-state index in [-0.39, 0.29) is 34.7 Å². The molecular formula is C11H16ClN3O3S. The maximum absolute atomic E-state index is 12.4. The number of sulfonamides is 1. The van der Waals surface area contributed by atoms with Gasteiger partial charge in [-0.1, -0.05) is 18.5 Å². The van der Waals surface area contributed by atoms with E-state index in [1.165, 1.54) is 16.6 Å². The SMILES string of the molecule is CC1CN(S(=O)(=O)c2cnc(N)c(Cl)c2)CCC1O. The number of nitrogens with two attached hydrogens (primary N) is 1. The first-order valence-electron chi connectivity index (χ1n) is 5.91. The highest BCUT2D eigenvalue weighted by Gasteiger charge is 2.33. The van der Waals surface area contributed by atoms with Gasteiger partial charge in [0, 0.05) is 19.3 Å². The number of nitrogen functional groups attached to an aromatic ring is 1. The van der Waals surface area contributed by atoms with Gasteiger partial charge in [-0.3, -0.25) is 0 Å². The topological polar surface area (TPSA) is 96.5 Å². The Bertz CT molecular complexity index is 579. The molecule has 1 aliphatic rings. The number of hydrogen-bond acceptors (Lipinski definition) is 5. The molecule has 1 aromatic rings. The minimum atomic E-state index is -3.64. The van der Waals surface area contributed by atoms with Gasteiger partial charge in [0.1, 0.15) is 10.7 Å². The van der Waals surface area contributed by atoms with Gasteiger partial charge >= 0.3 is 0 Å². The van der Waals surface area contributed by atoms with Crippen LogP contribution in [-0.2, 0) is 10.0 Å². The van der Waals surface area contributed by atoms with Crippen molar-refractivity contribution in [1.29, 1.82) is 0 Å². The molecule has 2 unspecified atom stereocenters. The van der Waals surface area contributed by atoms with Crippen molar-refractivity contribution >= 4 is 27.4 Å². The first-order chi connectivity index (χ1) is 8.82. The second-order valence-corrected chi connectivity index (χ2v) is 7.08. The van der Waals surface area contributed by atoms with Gasteiger partial charge in [-0.2, -0.15) is 4.31 Å². The summed E-state index contributed by atoms with van der Waals surface area (Å²) in [7, 11) is -3.64. The summed E-state index contributed by atoms with van der Waals surface area (Å²) in [6, 6.07) is 1.30. The van der Waals surface area contributed by atoms with Crippen molar-refractivity contribution in [3.05, 3.63) is 17.3 Å². The van der Waals surface area contributed by atoms with Crippen LogP contribution in [0.3, 0.4) is 0 Å². The van der Waals surface area contributed by atoms with Crippen molar-refractivity contribution in [3.8, 4) is 0 Å². The lowest BCUT2D eigenvalue weighted by molar-refractivity contribution is 0.0628. The summed E-state index contributed by atoms with van der Waals surface area (Å²) in [5.41, 5.74) is 5.47. The van der Waals surface area contributed by atoms with Crippen molar-refractivity contribution in [2.24, 2.45) is 5.92 Å². The van der Waals surface area contributed by atoms with E-state index < -0.39 is 16.1 Å². The molecule has 106 valence electrons. The van der Waals surface area contributed by atoms with Crippen LogP contribution < -0.4 is 5.73 Å². The van der Waals surface area contributed by atoms with Crippen molar-refractivity contribution in [3.63, 3.8) is 0 Å². The van der Waals surface area contributed by atoms with Gasteiger partial charge < -0.3 is 10.8 Å². The zero-order valence-electron chi connectivity index (χ0n) is 10.5. The third-order valence-electron chi connectivity index (χ3n) is 3.31. The van der Waals surface area contributed by atoms with E-state index in [9.17, 15) is 13.5 Å². The lowest BCUT2D eigenvalue weighted by Crippen LogP contribution is -2.44. The highest BCUT2D eigenvalue weighted by Crippen LogP contribution is 2.26. The molecule has 0 aliphatic carbocycles. The summed E-state index contributed by atoms with van der Waals surface area (Å²) in [6.07, 6.45) is 1.17. The molecule has 2 heterocycles. The van der Waals surface area contributed by atoms with Gasteiger partial charge in [0.15, 0.2) is 0 Å². The van der Waals surface area contributed by atoms with Crippen LogP contribution in [0.2, 0.25) is 5.02 Å². The van der Waals surface area contributed by atoms with Crippen LogP contribution in [0.15, 0.2) is 17.2 Å². The molecule has 0 saturated carbocycles. The van der Waals surface area contributed by atoms with Gasteiger partial charge in [-0.25, -0.2) is 13.4 Å². The molecule has 19 heavy (non-hydrogen) atoms. The second-order valence-electron chi connectivity index (χ2n) is 4.73. The lowest BCUT2D eigenvalue weighted by atomic mass is 9.99. The maximum atomic E-state index is 12.4. The van der Waals surface area contributed by atoms with Crippen molar-refractivity contribution in [2.75, 3.05) is 18.8 Å². The molecule has 1 saturated heterocycles. The van der Waals surface area contributed by atoms with E-state index in [1.807, 2.05) is 6.92 Å². The number of aromatic nitrogens is 1. The van der Waals surface area contributed by atoms with E-state index in [4.69, 9.17) is 17.3 Å². The minimum Gasteiger partial charge on any atom is -0.393 e. The Balaban J connectivity index is 2.29. The molecule has 2 rings (SSSR count). The number of nitrogens with zero attached hydrogens (tertiary/aromatic N) is 2. The number of pyridine rings is 1. The van der Waals surface area contributed by atoms with Crippen LogP contribution in [0.4, 0.5) is 5.82 Å². The summed E-state index contributed by atoms with van der Waals surface area (Å²) in [5, 5.41) is 9.76. The Morgan fingerprint density at radius 2 is 2.26 bits per heavy atom. The van der Waals surface area contributed by atoms with Gasteiger partial charge in [0.2, 0.25) is 10.0 Å². The molecule has 6 nitrogen and oxygen atoms in total. The molecular weight excluding hydrogens is 290 g/mol. The average molecular weight is 306 g/mol. The molecule has 1 aliphatic heterocycles.